The maximum absolute atomic E-state index is 13.3. The lowest BCUT2D eigenvalue weighted by atomic mass is 9.81. The number of nitrogens with zero attached hydrogens (tertiary/aromatic N) is 2. The smallest absolute Gasteiger partial charge is 0.239 e. The molecule has 27 heavy (non-hydrogen) atoms. The second kappa shape index (κ2) is 6.70. The lowest BCUT2D eigenvalue weighted by Crippen LogP contribution is -2.45. The summed E-state index contributed by atoms with van der Waals surface area (Å²) < 4.78 is 5.30. The topological polar surface area (TPSA) is 75.9 Å². The van der Waals surface area contributed by atoms with Crippen molar-refractivity contribution >= 4 is 17.5 Å². The number of anilines is 1. The minimum Gasteiger partial charge on any atom is -0.497 e. The molecule has 2 aromatic rings. The Kier molecular flexibility index (Phi) is 4.36. The number of likely N-dealkylation sites (tertiary alicyclic amines) is 1. The Bertz CT molecular complexity index is 898. The van der Waals surface area contributed by atoms with Crippen molar-refractivity contribution in [1.29, 1.82) is 0 Å². The van der Waals surface area contributed by atoms with Gasteiger partial charge in [-0.25, -0.2) is 0 Å². The molecular weight excluding hydrogens is 342 g/mol. The summed E-state index contributed by atoms with van der Waals surface area (Å²) in [5.74, 6) is 0.313. The molecule has 1 fully saturated rings. The number of para-hydroxylation sites is 1. The van der Waals surface area contributed by atoms with Crippen LogP contribution in [0, 0.1) is 0 Å². The van der Waals surface area contributed by atoms with E-state index in [9.17, 15) is 9.59 Å². The van der Waals surface area contributed by atoms with Gasteiger partial charge in [0.05, 0.1) is 12.5 Å². The maximum Gasteiger partial charge on any atom is 0.239 e. The first-order chi connectivity index (χ1) is 13.0. The molecule has 6 heteroatoms. The first-order valence-electron chi connectivity index (χ1n) is 9.08. The van der Waals surface area contributed by atoms with E-state index in [-0.39, 0.29) is 12.5 Å². The van der Waals surface area contributed by atoms with Crippen molar-refractivity contribution in [3.05, 3.63) is 59.7 Å². The standard InChI is InChI=1S/C21H23N3O3/c1-27-16-6-4-5-15(11-16)12-23-10-9-21(14-23)17-7-2-3-8-18(17)24(20(21)26)13-19(22)25/h2-8,11H,9-10,12-14H2,1H3,(H2,22,25)/t21-/m0/s1. The van der Waals surface area contributed by atoms with Crippen molar-refractivity contribution in [1.82, 2.24) is 4.90 Å². The molecule has 0 unspecified atom stereocenters. The number of primary amides is 1. The van der Waals surface area contributed by atoms with Gasteiger partial charge in [0.2, 0.25) is 11.8 Å². The Hall–Kier alpha value is -2.86. The van der Waals surface area contributed by atoms with Crippen LogP contribution in [0.5, 0.6) is 5.75 Å². The summed E-state index contributed by atoms with van der Waals surface area (Å²) in [6, 6.07) is 15.7. The zero-order chi connectivity index (χ0) is 19.0. The molecule has 6 nitrogen and oxygen atoms in total. The molecule has 0 aromatic heterocycles. The van der Waals surface area contributed by atoms with Crippen LogP contribution in [0.3, 0.4) is 0 Å². The molecule has 2 aromatic carbocycles. The Morgan fingerprint density at radius 2 is 2.04 bits per heavy atom. The van der Waals surface area contributed by atoms with E-state index in [0.29, 0.717) is 6.54 Å². The van der Waals surface area contributed by atoms with Crippen LogP contribution in [0.15, 0.2) is 48.5 Å². The predicted molar refractivity (Wildman–Crippen MR) is 103 cm³/mol. The number of amides is 2. The second-order valence-electron chi connectivity index (χ2n) is 7.27. The number of fused-ring (bicyclic) bond motifs is 2. The fourth-order valence-corrected chi connectivity index (χ4v) is 4.36. The minimum atomic E-state index is -0.592. The number of benzene rings is 2. The fourth-order valence-electron chi connectivity index (χ4n) is 4.36. The van der Waals surface area contributed by atoms with Crippen molar-refractivity contribution in [2.45, 2.75) is 18.4 Å². The third kappa shape index (κ3) is 2.96. The van der Waals surface area contributed by atoms with E-state index >= 15 is 0 Å². The molecule has 1 spiro atoms. The van der Waals surface area contributed by atoms with Crippen molar-refractivity contribution in [2.75, 3.05) is 31.6 Å². The summed E-state index contributed by atoms with van der Waals surface area (Å²) in [5.41, 5.74) is 7.75. The Balaban J connectivity index is 1.60. The van der Waals surface area contributed by atoms with E-state index in [1.807, 2.05) is 42.5 Å². The van der Waals surface area contributed by atoms with Gasteiger partial charge in [-0.1, -0.05) is 30.3 Å². The van der Waals surface area contributed by atoms with Crippen molar-refractivity contribution < 1.29 is 14.3 Å². The molecule has 0 radical (unpaired) electrons. The highest BCUT2D eigenvalue weighted by Gasteiger charge is 2.54. The number of hydrogen-bond acceptors (Lipinski definition) is 4. The van der Waals surface area contributed by atoms with Gasteiger partial charge in [-0.2, -0.15) is 0 Å². The number of ether oxygens (including phenoxy) is 1. The van der Waals surface area contributed by atoms with Gasteiger partial charge in [0.25, 0.3) is 0 Å². The number of rotatable bonds is 5. The molecule has 4 rings (SSSR count). The maximum atomic E-state index is 13.3. The van der Waals surface area contributed by atoms with E-state index in [4.69, 9.17) is 10.5 Å². The summed E-state index contributed by atoms with van der Waals surface area (Å²) in [4.78, 5) is 28.6. The molecule has 1 saturated heterocycles. The molecule has 2 heterocycles. The molecule has 2 aliphatic heterocycles. The van der Waals surface area contributed by atoms with Gasteiger partial charge in [0.1, 0.15) is 12.3 Å². The van der Waals surface area contributed by atoms with Gasteiger partial charge >= 0.3 is 0 Å². The molecule has 2 amide bonds. The molecular formula is C21H23N3O3. The van der Waals surface area contributed by atoms with Gasteiger partial charge in [-0.05, 0) is 42.3 Å². The minimum absolute atomic E-state index is 0.0179. The van der Waals surface area contributed by atoms with Crippen molar-refractivity contribution in [2.24, 2.45) is 5.73 Å². The van der Waals surface area contributed by atoms with Crippen LogP contribution in [-0.2, 0) is 21.5 Å². The van der Waals surface area contributed by atoms with Crippen LogP contribution in [0.1, 0.15) is 17.5 Å². The highest BCUT2D eigenvalue weighted by molar-refractivity contribution is 6.11. The molecule has 140 valence electrons. The summed E-state index contributed by atoms with van der Waals surface area (Å²) in [5, 5.41) is 0. The summed E-state index contributed by atoms with van der Waals surface area (Å²) in [6.07, 6.45) is 0.738. The van der Waals surface area contributed by atoms with Crippen LogP contribution in [0.2, 0.25) is 0 Å². The molecule has 1 atom stereocenters. The van der Waals surface area contributed by atoms with E-state index in [1.165, 1.54) is 0 Å². The number of carbonyl (C=O) groups is 2. The quantitative estimate of drug-likeness (QED) is 0.875. The predicted octanol–water partition coefficient (Wildman–Crippen LogP) is 1.67. The molecule has 2 aliphatic rings. The molecule has 2 N–H and O–H groups in total. The Labute approximate surface area is 158 Å². The van der Waals surface area contributed by atoms with Crippen LogP contribution >= 0.6 is 0 Å². The van der Waals surface area contributed by atoms with Crippen LogP contribution < -0.4 is 15.4 Å². The average molecular weight is 365 g/mol. The lowest BCUT2D eigenvalue weighted by molar-refractivity contribution is -0.125. The molecule has 0 saturated carbocycles. The van der Waals surface area contributed by atoms with Crippen molar-refractivity contribution in [3.63, 3.8) is 0 Å². The van der Waals surface area contributed by atoms with Crippen LogP contribution in [0.25, 0.3) is 0 Å². The van der Waals surface area contributed by atoms with Crippen LogP contribution in [-0.4, -0.2) is 43.5 Å². The number of nitrogens with two attached hydrogens (primary N) is 1. The number of hydrogen-bond donors (Lipinski definition) is 1. The fraction of sp³-hybridized carbons (Fsp3) is 0.333. The highest BCUT2D eigenvalue weighted by Crippen LogP contribution is 2.47. The molecule has 0 bridgehead atoms. The zero-order valence-corrected chi connectivity index (χ0v) is 15.4. The highest BCUT2D eigenvalue weighted by atomic mass is 16.5. The zero-order valence-electron chi connectivity index (χ0n) is 15.4. The number of methoxy groups -OCH3 is 1. The Morgan fingerprint density at radius 3 is 2.81 bits per heavy atom. The molecule has 0 aliphatic carbocycles. The first kappa shape index (κ1) is 17.5. The SMILES string of the molecule is COc1cccc(CN2CC[C@@]3(C2)C(=O)N(CC(N)=O)c2ccccc23)c1. The van der Waals surface area contributed by atoms with Gasteiger partial charge < -0.3 is 15.4 Å². The Morgan fingerprint density at radius 1 is 1.22 bits per heavy atom. The van der Waals surface area contributed by atoms with Gasteiger partial charge in [0.15, 0.2) is 0 Å². The lowest BCUT2D eigenvalue weighted by Gasteiger charge is -2.24. The normalized spacial score (nSPS) is 21.7. The average Bonchev–Trinajstić information content (AvgIpc) is 3.18. The summed E-state index contributed by atoms with van der Waals surface area (Å²) >= 11 is 0. The third-order valence-corrected chi connectivity index (χ3v) is 5.57. The van der Waals surface area contributed by atoms with E-state index in [1.54, 1.807) is 12.0 Å². The van der Waals surface area contributed by atoms with E-state index < -0.39 is 11.3 Å². The van der Waals surface area contributed by atoms with Gasteiger partial charge in [-0.3, -0.25) is 14.5 Å². The monoisotopic (exact) mass is 365 g/mol. The first-order valence-corrected chi connectivity index (χ1v) is 9.08. The van der Waals surface area contributed by atoms with E-state index in [0.717, 1.165) is 42.1 Å². The number of carbonyl (C=O) groups excluding carboxylic acids is 2. The second-order valence-corrected chi connectivity index (χ2v) is 7.27. The third-order valence-electron chi connectivity index (χ3n) is 5.57. The summed E-state index contributed by atoms with van der Waals surface area (Å²) in [7, 11) is 1.66. The largest absolute Gasteiger partial charge is 0.497 e. The van der Waals surface area contributed by atoms with Gasteiger partial charge in [-0.15, -0.1) is 0 Å². The summed E-state index contributed by atoms with van der Waals surface area (Å²) in [6.45, 7) is 2.13. The van der Waals surface area contributed by atoms with Gasteiger partial charge in [0, 0.05) is 18.8 Å². The van der Waals surface area contributed by atoms with Crippen LogP contribution in [0.4, 0.5) is 5.69 Å². The van der Waals surface area contributed by atoms with Crippen molar-refractivity contribution in [3.8, 4) is 5.75 Å². The van der Waals surface area contributed by atoms with E-state index in [2.05, 4.69) is 11.0 Å².